The molecule has 0 amide bonds. The second kappa shape index (κ2) is 5.10. The summed E-state index contributed by atoms with van der Waals surface area (Å²) in [5.41, 5.74) is 9.75. The van der Waals surface area contributed by atoms with Crippen LogP contribution >= 0.6 is 0 Å². The van der Waals surface area contributed by atoms with E-state index in [9.17, 15) is 0 Å². The molecule has 0 radical (unpaired) electrons. The van der Waals surface area contributed by atoms with Crippen molar-refractivity contribution in [3.63, 3.8) is 0 Å². The maximum Gasteiger partial charge on any atom is 0.117 e. The van der Waals surface area contributed by atoms with E-state index in [4.69, 9.17) is 10.2 Å². The Kier molecular flexibility index (Phi) is 3.30. The largest absolute Gasteiger partial charge is 0.468 e. The first kappa shape index (κ1) is 12.3. The number of nitrogens with two attached hydrogens (primary N) is 1. The van der Waals surface area contributed by atoms with E-state index in [2.05, 4.69) is 24.1 Å². The molecule has 0 saturated heterocycles. The van der Waals surface area contributed by atoms with Crippen LogP contribution in [0, 0.1) is 0 Å². The monoisotopic (exact) mass is 256 g/mol. The van der Waals surface area contributed by atoms with Crippen LogP contribution in [-0.4, -0.2) is 18.0 Å². The lowest BCUT2D eigenvalue weighted by molar-refractivity contribution is 0.199. The van der Waals surface area contributed by atoms with Crippen molar-refractivity contribution in [1.82, 2.24) is 4.90 Å². The molecule has 19 heavy (non-hydrogen) atoms. The molecular weight excluding hydrogens is 236 g/mol. The van der Waals surface area contributed by atoms with Crippen molar-refractivity contribution in [2.75, 3.05) is 12.8 Å². The molecule has 1 heterocycles. The van der Waals surface area contributed by atoms with Gasteiger partial charge in [-0.15, -0.1) is 0 Å². The number of hydrogen-bond acceptors (Lipinski definition) is 3. The lowest BCUT2D eigenvalue weighted by Crippen LogP contribution is -2.36. The highest BCUT2D eigenvalue weighted by molar-refractivity contribution is 5.52. The predicted octanol–water partition coefficient (Wildman–Crippen LogP) is 2.85. The van der Waals surface area contributed by atoms with E-state index in [1.54, 1.807) is 6.26 Å². The number of hydrogen-bond donors (Lipinski definition) is 1. The van der Waals surface area contributed by atoms with E-state index in [1.165, 1.54) is 17.5 Å². The summed E-state index contributed by atoms with van der Waals surface area (Å²) in [6.07, 6.45) is 5.06. The van der Waals surface area contributed by atoms with E-state index in [1.807, 2.05) is 18.2 Å². The van der Waals surface area contributed by atoms with Crippen LogP contribution in [0.25, 0.3) is 0 Å². The molecule has 1 unspecified atom stereocenters. The van der Waals surface area contributed by atoms with Gasteiger partial charge in [-0.05, 0) is 55.6 Å². The lowest BCUT2D eigenvalue weighted by Gasteiger charge is -2.32. The van der Waals surface area contributed by atoms with Gasteiger partial charge in [-0.2, -0.15) is 0 Å². The third-order valence-electron chi connectivity index (χ3n) is 4.10. The number of nitrogen functional groups attached to an aromatic ring is 1. The second-order valence-corrected chi connectivity index (χ2v) is 5.38. The van der Waals surface area contributed by atoms with Crippen molar-refractivity contribution in [2.24, 2.45) is 0 Å². The van der Waals surface area contributed by atoms with Crippen molar-refractivity contribution in [3.8, 4) is 0 Å². The molecule has 1 aliphatic rings. The summed E-state index contributed by atoms with van der Waals surface area (Å²) in [5.74, 6) is 1.03. The topological polar surface area (TPSA) is 42.4 Å². The Bertz CT molecular complexity index is 548. The minimum Gasteiger partial charge on any atom is -0.468 e. The van der Waals surface area contributed by atoms with Crippen molar-refractivity contribution in [3.05, 3.63) is 53.5 Å². The maximum absolute atomic E-state index is 6.04. The number of fused-ring (bicyclic) bond motifs is 1. The quantitative estimate of drug-likeness (QED) is 0.859. The molecule has 2 aromatic rings. The summed E-state index contributed by atoms with van der Waals surface area (Å²) in [6, 6.07) is 10.8. The van der Waals surface area contributed by atoms with Crippen LogP contribution in [-0.2, 0) is 19.4 Å². The van der Waals surface area contributed by atoms with E-state index < -0.39 is 0 Å². The SMILES string of the molecule is CN(Cc1ccco1)C1CCc2c(N)cccc2C1. The van der Waals surface area contributed by atoms with Gasteiger partial charge in [0.25, 0.3) is 0 Å². The number of benzene rings is 1. The van der Waals surface area contributed by atoms with Crippen molar-refractivity contribution in [1.29, 1.82) is 0 Å². The van der Waals surface area contributed by atoms with Crippen LogP contribution < -0.4 is 5.73 Å². The molecule has 3 rings (SSSR count). The summed E-state index contributed by atoms with van der Waals surface area (Å²) in [7, 11) is 2.17. The van der Waals surface area contributed by atoms with Crippen molar-refractivity contribution in [2.45, 2.75) is 31.8 Å². The third-order valence-corrected chi connectivity index (χ3v) is 4.10. The van der Waals surface area contributed by atoms with Gasteiger partial charge in [-0.3, -0.25) is 4.90 Å². The molecule has 1 atom stereocenters. The minimum absolute atomic E-state index is 0.569. The number of nitrogens with zero attached hydrogens (tertiary/aromatic N) is 1. The molecule has 0 spiro atoms. The van der Waals surface area contributed by atoms with E-state index in [0.717, 1.165) is 30.8 Å². The number of rotatable bonds is 3. The van der Waals surface area contributed by atoms with E-state index in [0.29, 0.717) is 6.04 Å². The summed E-state index contributed by atoms with van der Waals surface area (Å²) in [4.78, 5) is 2.38. The smallest absolute Gasteiger partial charge is 0.117 e. The molecule has 100 valence electrons. The molecule has 0 fully saturated rings. The zero-order valence-electron chi connectivity index (χ0n) is 11.3. The van der Waals surface area contributed by atoms with Gasteiger partial charge in [0.05, 0.1) is 12.8 Å². The Balaban J connectivity index is 1.71. The zero-order valence-corrected chi connectivity index (χ0v) is 11.3. The van der Waals surface area contributed by atoms with Gasteiger partial charge in [0.1, 0.15) is 5.76 Å². The second-order valence-electron chi connectivity index (χ2n) is 5.38. The van der Waals surface area contributed by atoms with Crippen LogP contribution in [0.3, 0.4) is 0 Å². The number of furan rings is 1. The third kappa shape index (κ3) is 2.51. The van der Waals surface area contributed by atoms with E-state index >= 15 is 0 Å². The Hall–Kier alpha value is -1.74. The highest BCUT2D eigenvalue weighted by Crippen LogP contribution is 2.28. The molecular formula is C16H20N2O. The number of anilines is 1. The average Bonchev–Trinajstić information content (AvgIpc) is 2.91. The Morgan fingerprint density at radius 1 is 1.32 bits per heavy atom. The maximum atomic E-state index is 6.04. The molecule has 3 nitrogen and oxygen atoms in total. The summed E-state index contributed by atoms with van der Waals surface area (Å²) >= 11 is 0. The summed E-state index contributed by atoms with van der Waals surface area (Å²) in [5, 5.41) is 0. The molecule has 1 aliphatic carbocycles. The van der Waals surface area contributed by atoms with Crippen LogP contribution in [0.5, 0.6) is 0 Å². The van der Waals surface area contributed by atoms with E-state index in [-0.39, 0.29) is 0 Å². The fourth-order valence-electron chi connectivity index (χ4n) is 2.97. The fraction of sp³-hybridized carbons (Fsp3) is 0.375. The van der Waals surface area contributed by atoms with Gasteiger partial charge >= 0.3 is 0 Å². The van der Waals surface area contributed by atoms with Gasteiger partial charge < -0.3 is 10.2 Å². The highest BCUT2D eigenvalue weighted by Gasteiger charge is 2.23. The molecule has 2 N–H and O–H groups in total. The molecule has 1 aromatic carbocycles. The summed E-state index contributed by atoms with van der Waals surface area (Å²) in [6.45, 7) is 0.870. The highest BCUT2D eigenvalue weighted by atomic mass is 16.3. The Morgan fingerprint density at radius 3 is 3.00 bits per heavy atom. The zero-order chi connectivity index (χ0) is 13.2. The van der Waals surface area contributed by atoms with Gasteiger partial charge in [-0.25, -0.2) is 0 Å². The summed E-state index contributed by atoms with van der Waals surface area (Å²) < 4.78 is 5.42. The Morgan fingerprint density at radius 2 is 2.21 bits per heavy atom. The predicted molar refractivity (Wildman–Crippen MR) is 76.8 cm³/mol. The average molecular weight is 256 g/mol. The molecule has 3 heteroatoms. The van der Waals surface area contributed by atoms with Crippen LogP contribution in [0.4, 0.5) is 5.69 Å². The Labute approximate surface area is 114 Å². The van der Waals surface area contributed by atoms with Crippen LogP contribution in [0.2, 0.25) is 0 Å². The van der Waals surface area contributed by atoms with Gasteiger partial charge in [-0.1, -0.05) is 12.1 Å². The first-order valence-electron chi connectivity index (χ1n) is 6.83. The normalized spacial score (nSPS) is 18.5. The molecule has 1 aromatic heterocycles. The fourth-order valence-corrected chi connectivity index (χ4v) is 2.97. The van der Waals surface area contributed by atoms with Gasteiger partial charge in [0, 0.05) is 11.7 Å². The lowest BCUT2D eigenvalue weighted by atomic mass is 9.86. The minimum atomic E-state index is 0.569. The molecule has 0 saturated carbocycles. The van der Waals surface area contributed by atoms with Gasteiger partial charge in [0.15, 0.2) is 0 Å². The van der Waals surface area contributed by atoms with Crippen molar-refractivity contribution < 1.29 is 4.42 Å². The van der Waals surface area contributed by atoms with Crippen molar-refractivity contribution >= 4 is 5.69 Å². The first-order chi connectivity index (χ1) is 9.24. The molecule has 0 bridgehead atoms. The molecule has 0 aliphatic heterocycles. The van der Waals surface area contributed by atoms with Crippen LogP contribution in [0.1, 0.15) is 23.3 Å². The number of likely N-dealkylation sites (N-methyl/N-ethyl adjacent to an activating group) is 1. The first-order valence-corrected chi connectivity index (χ1v) is 6.83. The van der Waals surface area contributed by atoms with Crippen LogP contribution in [0.15, 0.2) is 41.0 Å². The standard InChI is InChI=1S/C16H20N2O/c1-18(11-14-5-3-9-19-14)13-7-8-15-12(10-13)4-2-6-16(15)17/h2-6,9,13H,7-8,10-11,17H2,1H3. The van der Waals surface area contributed by atoms with Gasteiger partial charge in [0.2, 0.25) is 0 Å².